The quantitative estimate of drug-likeness (QED) is 0.784. The lowest BCUT2D eigenvalue weighted by Crippen LogP contribution is -2.58. The molecule has 1 saturated carbocycles. The highest BCUT2D eigenvalue weighted by molar-refractivity contribution is 9.10. The highest BCUT2D eigenvalue weighted by atomic mass is 79.9. The van der Waals surface area contributed by atoms with Gasteiger partial charge in [-0.1, -0.05) is 22.4 Å². The molecule has 4 N–H and O–H groups in total. The summed E-state index contributed by atoms with van der Waals surface area (Å²) in [6.45, 7) is 1.20. The lowest BCUT2D eigenvalue weighted by molar-refractivity contribution is -0.0441. The van der Waals surface area contributed by atoms with Crippen LogP contribution in [0.3, 0.4) is 0 Å². The van der Waals surface area contributed by atoms with Crippen LogP contribution in [0.5, 0.6) is 0 Å². The van der Waals surface area contributed by atoms with E-state index in [1.165, 1.54) is 6.42 Å². The number of nitrogens with zero attached hydrogens (tertiary/aromatic N) is 3. The number of hydrogen-bond donors (Lipinski definition) is 2. The second-order valence-corrected chi connectivity index (χ2v) is 7.55. The van der Waals surface area contributed by atoms with Gasteiger partial charge in [0.2, 0.25) is 11.9 Å². The van der Waals surface area contributed by atoms with E-state index in [0.717, 1.165) is 41.4 Å². The Hall–Kier alpha value is -1.64. The van der Waals surface area contributed by atoms with Gasteiger partial charge >= 0.3 is 0 Å². The van der Waals surface area contributed by atoms with Gasteiger partial charge in [0.1, 0.15) is 5.66 Å². The molecule has 2 fully saturated rings. The molecule has 8 heteroatoms. The van der Waals surface area contributed by atoms with Crippen molar-refractivity contribution in [3.63, 3.8) is 0 Å². The van der Waals surface area contributed by atoms with Gasteiger partial charge in [0, 0.05) is 15.7 Å². The summed E-state index contributed by atoms with van der Waals surface area (Å²) in [6, 6.07) is 6.06. The van der Waals surface area contributed by atoms with Gasteiger partial charge in [0.25, 0.3) is 0 Å². The van der Waals surface area contributed by atoms with E-state index in [2.05, 4.69) is 20.9 Å². The molecule has 25 heavy (non-hydrogen) atoms. The van der Waals surface area contributed by atoms with Gasteiger partial charge in [-0.15, -0.1) is 0 Å². The Morgan fingerprint density at radius 1 is 1.08 bits per heavy atom. The Morgan fingerprint density at radius 2 is 1.80 bits per heavy atom. The SMILES string of the molecule is NC1=NC2(CCCCC2)N(c2cc(Br)cc(C3OCCO3)c2)C(N)=N1. The molecule has 1 saturated heterocycles. The normalized spacial score (nSPS) is 23.6. The van der Waals surface area contributed by atoms with Gasteiger partial charge < -0.3 is 20.9 Å². The maximum atomic E-state index is 6.30. The summed E-state index contributed by atoms with van der Waals surface area (Å²) in [6.07, 6.45) is 4.85. The zero-order chi connectivity index (χ0) is 17.4. The summed E-state index contributed by atoms with van der Waals surface area (Å²) in [5.41, 5.74) is 13.6. The predicted molar refractivity (Wildman–Crippen MR) is 100 cm³/mol. The van der Waals surface area contributed by atoms with E-state index >= 15 is 0 Å². The van der Waals surface area contributed by atoms with Crippen LogP contribution in [0.15, 0.2) is 32.7 Å². The summed E-state index contributed by atoms with van der Waals surface area (Å²) in [4.78, 5) is 11.0. The van der Waals surface area contributed by atoms with Gasteiger partial charge in [-0.3, -0.25) is 4.90 Å². The lowest BCUT2D eigenvalue weighted by atomic mass is 9.87. The van der Waals surface area contributed by atoms with E-state index in [0.29, 0.717) is 19.2 Å². The van der Waals surface area contributed by atoms with Gasteiger partial charge in [0.05, 0.1) is 13.2 Å². The molecule has 1 aromatic rings. The van der Waals surface area contributed by atoms with Crippen LogP contribution in [-0.4, -0.2) is 30.8 Å². The monoisotopic (exact) mass is 407 g/mol. The van der Waals surface area contributed by atoms with Crippen LogP contribution in [0.2, 0.25) is 0 Å². The maximum Gasteiger partial charge on any atom is 0.220 e. The fourth-order valence-corrected chi connectivity index (χ4v) is 4.41. The molecule has 0 atom stereocenters. The van der Waals surface area contributed by atoms with Crippen molar-refractivity contribution in [1.29, 1.82) is 0 Å². The summed E-state index contributed by atoms with van der Waals surface area (Å²) < 4.78 is 12.2. The molecule has 4 rings (SSSR count). The number of rotatable bonds is 2. The number of benzene rings is 1. The van der Waals surface area contributed by atoms with Crippen molar-refractivity contribution in [3.8, 4) is 0 Å². The van der Waals surface area contributed by atoms with Gasteiger partial charge in [-0.05, 0) is 43.9 Å². The van der Waals surface area contributed by atoms with E-state index in [1.807, 2.05) is 23.1 Å². The topological polar surface area (TPSA) is 98.5 Å². The van der Waals surface area contributed by atoms with E-state index in [9.17, 15) is 0 Å². The van der Waals surface area contributed by atoms with Gasteiger partial charge in [-0.2, -0.15) is 4.99 Å². The van der Waals surface area contributed by atoms with Crippen LogP contribution in [0.1, 0.15) is 44.0 Å². The number of aliphatic imine (C=N–C) groups is 2. The number of hydrogen-bond acceptors (Lipinski definition) is 7. The average molecular weight is 408 g/mol. The van der Waals surface area contributed by atoms with Gasteiger partial charge in [0.15, 0.2) is 6.29 Å². The third-order valence-corrected chi connectivity index (χ3v) is 5.37. The number of anilines is 1. The van der Waals surface area contributed by atoms with E-state index in [1.54, 1.807) is 0 Å². The first-order chi connectivity index (χ1) is 12.1. The summed E-state index contributed by atoms with van der Waals surface area (Å²) in [7, 11) is 0. The Labute approximate surface area is 155 Å². The number of ether oxygens (including phenoxy) is 2. The fourth-order valence-electron chi connectivity index (χ4n) is 3.91. The van der Waals surface area contributed by atoms with E-state index in [4.69, 9.17) is 25.9 Å². The molecule has 2 heterocycles. The molecular formula is C17H22BrN5O2. The van der Waals surface area contributed by atoms with Crippen LogP contribution in [0.25, 0.3) is 0 Å². The minimum absolute atomic E-state index is 0.258. The third-order valence-electron chi connectivity index (χ3n) is 4.91. The van der Waals surface area contributed by atoms with Crippen molar-refractivity contribution in [2.24, 2.45) is 21.5 Å². The maximum absolute atomic E-state index is 6.30. The minimum Gasteiger partial charge on any atom is -0.369 e. The second kappa shape index (κ2) is 6.59. The molecule has 0 radical (unpaired) electrons. The lowest BCUT2D eigenvalue weighted by Gasteiger charge is -2.45. The van der Waals surface area contributed by atoms with Crippen molar-refractivity contribution in [2.45, 2.75) is 44.1 Å². The molecule has 0 bridgehead atoms. The molecule has 2 aliphatic heterocycles. The predicted octanol–water partition coefficient (Wildman–Crippen LogP) is 2.60. The van der Waals surface area contributed by atoms with Crippen LogP contribution < -0.4 is 16.4 Å². The van der Waals surface area contributed by atoms with Crippen molar-refractivity contribution >= 4 is 33.5 Å². The Kier molecular flexibility index (Phi) is 4.43. The van der Waals surface area contributed by atoms with Crippen molar-refractivity contribution in [3.05, 3.63) is 28.2 Å². The first-order valence-corrected chi connectivity index (χ1v) is 9.40. The largest absolute Gasteiger partial charge is 0.369 e. The van der Waals surface area contributed by atoms with E-state index in [-0.39, 0.29) is 12.2 Å². The van der Waals surface area contributed by atoms with Crippen molar-refractivity contribution in [1.82, 2.24) is 0 Å². The van der Waals surface area contributed by atoms with Crippen LogP contribution in [0, 0.1) is 0 Å². The highest BCUT2D eigenvalue weighted by Gasteiger charge is 2.42. The Morgan fingerprint density at radius 3 is 2.52 bits per heavy atom. The number of nitrogens with two attached hydrogens (primary N) is 2. The fraction of sp³-hybridized carbons (Fsp3) is 0.529. The second-order valence-electron chi connectivity index (χ2n) is 6.63. The third kappa shape index (κ3) is 3.14. The van der Waals surface area contributed by atoms with Crippen molar-refractivity contribution in [2.75, 3.05) is 18.1 Å². The summed E-state index contributed by atoms with van der Waals surface area (Å²) in [5, 5.41) is 0. The first-order valence-electron chi connectivity index (χ1n) is 8.61. The molecule has 0 aromatic heterocycles. The first kappa shape index (κ1) is 16.8. The van der Waals surface area contributed by atoms with Crippen molar-refractivity contribution < 1.29 is 9.47 Å². The van der Waals surface area contributed by atoms with Crippen LogP contribution >= 0.6 is 15.9 Å². The van der Waals surface area contributed by atoms with Crippen LogP contribution in [-0.2, 0) is 9.47 Å². The molecule has 1 spiro atoms. The van der Waals surface area contributed by atoms with Gasteiger partial charge in [-0.25, -0.2) is 4.99 Å². The Balaban J connectivity index is 1.77. The zero-order valence-electron chi connectivity index (χ0n) is 13.9. The molecule has 3 aliphatic rings. The molecule has 7 nitrogen and oxygen atoms in total. The molecule has 0 amide bonds. The number of guanidine groups is 2. The smallest absolute Gasteiger partial charge is 0.220 e. The molecule has 0 unspecified atom stereocenters. The zero-order valence-corrected chi connectivity index (χ0v) is 15.5. The van der Waals surface area contributed by atoms with E-state index < -0.39 is 5.66 Å². The number of halogens is 1. The molecule has 1 aliphatic carbocycles. The van der Waals surface area contributed by atoms with Crippen LogP contribution in [0.4, 0.5) is 5.69 Å². The summed E-state index contributed by atoms with van der Waals surface area (Å²) >= 11 is 3.59. The molecule has 1 aromatic carbocycles. The Bertz CT molecular complexity index is 724. The standard InChI is InChI=1S/C17H22BrN5O2/c18-12-8-11(14-24-6-7-25-14)9-13(10-12)23-16(20)21-15(19)22-17(23)4-2-1-3-5-17/h8-10,14H,1-7H2,(H4,19,20,21,22). The molecular weight excluding hydrogens is 386 g/mol. The molecule has 134 valence electrons. The minimum atomic E-state index is -0.455. The highest BCUT2D eigenvalue weighted by Crippen LogP contribution is 2.41. The average Bonchev–Trinajstić information content (AvgIpc) is 3.08. The summed E-state index contributed by atoms with van der Waals surface area (Å²) in [5.74, 6) is 0.639.